The lowest BCUT2D eigenvalue weighted by molar-refractivity contribution is 0.368. The summed E-state index contributed by atoms with van der Waals surface area (Å²) in [5.74, 6) is 0.609. The molecule has 0 amide bonds. The molecule has 136 valence electrons. The molecule has 3 heterocycles. The van der Waals surface area contributed by atoms with Crippen LogP contribution in [0.1, 0.15) is 18.0 Å². The molecule has 4 aromatic rings. The van der Waals surface area contributed by atoms with Gasteiger partial charge < -0.3 is 9.72 Å². The van der Waals surface area contributed by atoms with Crippen LogP contribution in [0, 0.1) is 22.7 Å². The average Bonchev–Trinajstić information content (AvgIpc) is 3.40. The predicted octanol–water partition coefficient (Wildman–Crippen LogP) is 3.23. The van der Waals surface area contributed by atoms with Gasteiger partial charge in [-0.05, 0) is 23.8 Å². The first-order chi connectivity index (χ1) is 13.8. The van der Waals surface area contributed by atoms with Crippen LogP contribution in [-0.4, -0.2) is 31.3 Å². The molecule has 0 bridgehead atoms. The molecule has 0 aliphatic carbocycles. The standard InChI is InChI=1S/C20H15N7O/c21-7-5-18(14-1-3-16(4-2-14)28-10-8-22)27-12-15(11-26-27)19-17-6-9-23-20(17)25-13-24-19/h1-4,6,9,11-13,18H,5,10H2,(H,23,24,25). The van der Waals surface area contributed by atoms with E-state index >= 15 is 0 Å². The minimum absolute atomic E-state index is 0.00392. The molecule has 0 radical (unpaired) electrons. The summed E-state index contributed by atoms with van der Waals surface area (Å²) < 4.78 is 7.05. The third-order valence-corrected chi connectivity index (χ3v) is 4.40. The molecule has 0 aliphatic heterocycles. The number of nitrogens with zero attached hydrogens (tertiary/aromatic N) is 6. The quantitative estimate of drug-likeness (QED) is 0.558. The number of nitriles is 2. The van der Waals surface area contributed by atoms with E-state index in [1.807, 2.05) is 36.7 Å². The summed E-state index contributed by atoms with van der Waals surface area (Å²) in [6.07, 6.45) is 7.23. The Bertz CT molecular complexity index is 1180. The van der Waals surface area contributed by atoms with Crippen molar-refractivity contribution in [2.24, 2.45) is 0 Å². The normalized spacial score (nSPS) is 11.6. The summed E-state index contributed by atoms with van der Waals surface area (Å²) >= 11 is 0. The zero-order chi connectivity index (χ0) is 19.3. The molecule has 0 saturated heterocycles. The van der Waals surface area contributed by atoms with Gasteiger partial charge in [0.05, 0.1) is 30.4 Å². The van der Waals surface area contributed by atoms with Crippen molar-refractivity contribution >= 4 is 11.0 Å². The first kappa shape index (κ1) is 17.3. The Kier molecular flexibility index (Phi) is 4.68. The van der Waals surface area contributed by atoms with Crippen LogP contribution in [0.5, 0.6) is 5.75 Å². The van der Waals surface area contributed by atoms with Crippen molar-refractivity contribution in [1.82, 2.24) is 24.7 Å². The molecule has 1 aromatic carbocycles. The van der Waals surface area contributed by atoms with Crippen LogP contribution in [0.15, 0.2) is 55.2 Å². The van der Waals surface area contributed by atoms with Crippen molar-refractivity contribution in [3.8, 4) is 29.1 Å². The Morgan fingerprint density at radius 3 is 2.75 bits per heavy atom. The highest BCUT2D eigenvalue weighted by atomic mass is 16.5. The van der Waals surface area contributed by atoms with E-state index in [9.17, 15) is 5.26 Å². The molecule has 1 atom stereocenters. The fraction of sp³-hybridized carbons (Fsp3) is 0.150. The van der Waals surface area contributed by atoms with Gasteiger partial charge >= 0.3 is 0 Å². The second-order valence-electron chi connectivity index (χ2n) is 6.07. The number of fused-ring (bicyclic) bond motifs is 1. The van der Waals surface area contributed by atoms with Crippen LogP contribution in [0.25, 0.3) is 22.3 Å². The van der Waals surface area contributed by atoms with Gasteiger partial charge in [0, 0.05) is 23.3 Å². The predicted molar refractivity (Wildman–Crippen MR) is 101 cm³/mol. The second-order valence-corrected chi connectivity index (χ2v) is 6.07. The van der Waals surface area contributed by atoms with E-state index in [1.54, 1.807) is 23.0 Å². The van der Waals surface area contributed by atoms with Gasteiger partial charge in [0.15, 0.2) is 6.61 Å². The van der Waals surface area contributed by atoms with Crippen molar-refractivity contribution in [1.29, 1.82) is 10.5 Å². The number of rotatable bonds is 6. The Morgan fingerprint density at radius 1 is 1.11 bits per heavy atom. The maximum absolute atomic E-state index is 9.29. The zero-order valence-corrected chi connectivity index (χ0v) is 14.8. The monoisotopic (exact) mass is 369 g/mol. The van der Waals surface area contributed by atoms with E-state index in [4.69, 9.17) is 10.00 Å². The molecule has 28 heavy (non-hydrogen) atoms. The summed E-state index contributed by atoms with van der Waals surface area (Å²) in [7, 11) is 0. The van der Waals surface area contributed by atoms with Crippen LogP contribution >= 0.6 is 0 Å². The molecule has 4 rings (SSSR count). The highest BCUT2D eigenvalue weighted by molar-refractivity contribution is 5.89. The molecule has 0 fully saturated rings. The van der Waals surface area contributed by atoms with Gasteiger partial charge in [-0.25, -0.2) is 9.97 Å². The van der Waals surface area contributed by atoms with Gasteiger partial charge in [-0.15, -0.1) is 0 Å². The number of nitrogens with one attached hydrogen (secondary N) is 1. The highest BCUT2D eigenvalue weighted by Gasteiger charge is 2.17. The van der Waals surface area contributed by atoms with Crippen molar-refractivity contribution in [3.05, 3.63) is 60.8 Å². The SMILES string of the molecule is N#CCOc1ccc(C(CC#N)n2cc(-c3ncnc4[nH]ccc34)cn2)cc1. The first-order valence-electron chi connectivity index (χ1n) is 8.59. The molecule has 0 aliphatic rings. The van der Waals surface area contributed by atoms with Gasteiger partial charge in [0.1, 0.15) is 23.8 Å². The van der Waals surface area contributed by atoms with E-state index in [2.05, 4.69) is 26.1 Å². The lowest BCUT2D eigenvalue weighted by Crippen LogP contribution is -2.10. The number of H-pyrrole nitrogens is 1. The van der Waals surface area contributed by atoms with E-state index < -0.39 is 0 Å². The molecule has 1 N–H and O–H groups in total. The van der Waals surface area contributed by atoms with Crippen molar-refractivity contribution in [2.45, 2.75) is 12.5 Å². The third-order valence-electron chi connectivity index (χ3n) is 4.40. The number of aromatic nitrogens is 5. The smallest absolute Gasteiger partial charge is 0.174 e. The average molecular weight is 369 g/mol. The van der Waals surface area contributed by atoms with E-state index in [-0.39, 0.29) is 19.1 Å². The van der Waals surface area contributed by atoms with Gasteiger partial charge in [-0.2, -0.15) is 15.6 Å². The summed E-state index contributed by atoms with van der Waals surface area (Å²) in [4.78, 5) is 11.7. The van der Waals surface area contributed by atoms with E-state index in [0.29, 0.717) is 5.75 Å². The fourth-order valence-corrected chi connectivity index (χ4v) is 3.09. The maximum Gasteiger partial charge on any atom is 0.174 e. The van der Waals surface area contributed by atoms with E-state index in [0.717, 1.165) is 27.9 Å². The summed E-state index contributed by atoms with van der Waals surface area (Å²) in [6, 6.07) is 13.2. The Morgan fingerprint density at radius 2 is 1.96 bits per heavy atom. The Balaban J connectivity index is 1.65. The summed E-state index contributed by atoms with van der Waals surface area (Å²) in [5, 5.41) is 23.3. The molecular formula is C20H15N7O. The second kappa shape index (κ2) is 7.60. The summed E-state index contributed by atoms with van der Waals surface area (Å²) in [6.45, 7) is -0.00392. The van der Waals surface area contributed by atoms with Crippen molar-refractivity contribution < 1.29 is 4.74 Å². The number of hydrogen-bond donors (Lipinski definition) is 1. The topological polar surface area (TPSA) is 116 Å². The van der Waals surface area contributed by atoms with E-state index in [1.165, 1.54) is 6.33 Å². The largest absolute Gasteiger partial charge is 0.479 e. The lowest BCUT2D eigenvalue weighted by Gasteiger charge is -2.15. The third kappa shape index (κ3) is 3.27. The van der Waals surface area contributed by atoms with Gasteiger partial charge in [0.25, 0.3) is 0 Å². The van der Waals surface area contributed by atoms with Gasteiger partial charge in [0.2, 0.25) is 0 Å². The van der Waals surface area contributed by atoms with Crippen LogP contribution in [0.4, 0.5) is 0 Å². The molecule has 8 heteroatoms. The first-order valence-corrected chi connectivity index (χ1v) is 8.59. The maximum atomic E-state index is 9.29. The zero-order valence-electron chi connectivity index (χ0n) is 14.8. The number of aromatic amines is 1. The fourth-order valence-electron chi connectivity index (χ4n) is 3.09. The molecule has 0 saturated carbocycles. The van der Waals surface area contributed by atoms with Gasteiger partial charge in [-0.3, -0.25) is 4.68 Å². The van der Waals surface area contributed by atoms with Gasteiger partial charge in [-0.1, -0.05) is 12.1 Å². The number of ether oxygens (including phenoxy) is 1. The molecule has 0 spiro atoms. The lowest BCUT2D eigenvalue weighted by atomic mass is 10.0. The number of benzene rings is 1. The molecule has 1 unspecified atom stereocenters. The van der Waals surface area contributed by atoms with Crippen molar-refractivity contribution in [2.75, 3.05) is 6.61 Å². The van der Waals surface area contributed by atoms with Crippen LogP contribution in [0.2, 0.25) is 0 Å². The minimum Gasteiger partial charge on any atom is -0.479 e. The van der Waals surface area contributed by atoms with Crippen molar-refractivity contribution in [3.63, 3.8) is 0 Å². The van der Waals surface area contributed by atoms with Crippen LogP contribution in [-0.2, 0) is 0 Å². The Labute approximate surface area is 160 Å². The molecular weight excluding hydrogens is 354 g/mol. The minimum atomic E-state index is -0.243. The Hall–Kier alpha value is -4.17. The highest BCUT2D eigenvalue weighted by Crippen LogP contribution is 2.28. The number of hydrogen-bond acceptors (Lipinski definition) is 6. The van der Waals surface area contributed by atoms with Crippen LogP contribution in [0.3, 0.4) is 0 Å². The molecule has 8 nitrogen and oxygen atoms in total. The van der Waals surface area contributed by atoms with Crippen LogP contribution < -0.4 is 4.74 Å². The molecule has 3 aromatic heterocycles. The summed E-state index contributed by atoms with van der Waals surface area (Å²) in [5.41, 5.74) is 3.33.